The number of anilines is 1. The number of halogens is 2. The molecule has 0 atom stereocenters. The average Bonchev–Trinajstić information content (AvgIpc) is 2.46. The van der Waals surface area contributed by atoms with Crippen molar-refractivity contribution in [1.82, 2.24) is 5.32 Å². The van der Waals surface area contributed by atoms with Gasteiger partial charge in [0.05, 0.1) is 22.7 Å². The minimum atomic E-state index is -0.513. The summed E-state index contributed by atoms with van der Waals surface area (Å²) in [5.41, 5.74) is 0.917. The molecule has 1 saturated heterocycles. The molecule has 1 fully saturated rings. The van der Waals surface area contributed by atoms with Crippen LogP contribution in [0.15, 0.2) is 12.1 Å². The van der Waals surface area contributed by atoms with Gasteiger partial charge in [0.15, 0.2) is 0 Å². The molecule has 0 bridgehead atoms. The van der Waals surface area contributed by atoms with Crippen molar-refractivity contribution in [3.63, 3.8) is 0 Å². The maximum atomic E-state index is 12.7. The first-order valence-electron chi connectivity index (χ1n) is 6.95. The van der Waals surface area contributed by atoms with Crippen molar-refractivity contribution in [2.75, 3.05) is 32.1 Å². The summed E-state index contributed by atoms with van der Waals surface area (Å²) in [7, 11) is 1.62. The molecular formula is C15H20Cl2N2O2. The molecule has 0 saturated carbocycles. The van der Waals surface area contributed by atoms with Crippen molar-refractivity contribution < 1.29 is 9.53 Å². The summed E-state index contributed by atoms with van der Waals surface area (Å²) in [5.74, 6) is -0.0623. The molecule has 2 rings (SSSR count). The predicted octanol–water partition coefficient (Wildman–Crippen LogP) is 3.26. The number of hydrogen-bond donors (Lipinski definition) is 2. The molecule has 0 radical (unpaired) electrons. The fourth-order valence-corrected chi connectivity index (χ4v) is 3.04. The van der Waals surface area contributed by atoms with Crippen LogP contribution >= 0.6 is 23.2 Å². The quantitative estimate of drug-likeness (QED) is 0.890. The molecule has 1 amide bonds. The Labute approximate surface area is 135 Å². The molecule has 1 aromatic carbocycles. The summed E-state index contributed by atoms with van der Waals surface area (Å²) < 4.78 is 5.27. The second kappa shape index (κ2) is 6.97. The number of carbonyl (C=O) groups is 1. The Kier molecular flexibility index (Phi) is 5.49. The number of hydrogen-bond acceptors (Lipinski definition) is 3. The monoisotopic (exact) mass is 330 g/mol. The van der Waals surface area contributed by atoms with E-state index < -0.39 is 5.41 Å². The van der Waals surface area contributed by atoms with Crippen molar-refractivity contribution in [3.05, 3.63) is 27.7 Å². The molecule has 116 valence electrons. The summed E-state index contributed by atoms with van der Waals surface area (Å²) in [5, 5.41) is 7.25. The van der Waals surface area contributed by atoms with Gasteiger partial charge in [0.2, 0.25) is 5.91 Å². The van der Waals surface area contributed by atoms with E-state index >= 15 is 0 Å². The van der Waals surface area contributed by atoms with Crippen molar-refractivity contribution in [3.8, 4) is 0 Å². The largest absolute Gasteiger partial charge is 0.384 e. The van der Waals surface area contributed by atoms with Gasteiger partial charge < -0.3 is 15.4 Å². The Morgan fingerprint density at radius 1 is 1.33 bits per heavy atom. The maximum absolute atomic E-state index is 12.7. The predicted molar refractivity (Wildman–Crippen MR) is 86.2 cm³/mol. The molecule has 0 aliphatic carbocycles. The summed E-state index contributed by atoms with van der Waals surface area (Å²) in [6.45, 7) is 3.88. The Balaban J connectivity index is 2.21. The third kappa shape index (κ3) is 3.69. The maximum Gasteiger partial charge on any atom is 0.233 e. The normalized spacial score (nSPS) is 17.5. The van der Waals surface area contributed by atoms with Crippen LogP contribution < -0.4 is 10.6 Å². The smallest absolute Gasteiger partial charge is 0.233 e. The molecule has 6 heteroatoms. The molecule has 1 aliphatic rings. The molecule has 0 unspecified atom stereocenters. The third-order valence-corrected chi connectivity index (χ3v) is 4.68. The van der Waals surface area contributed by atoms with Crippen LogP contribution in [0.3, 0.4) is 0 Å². The summed E-state index contributed by atoms with van der Waals surface area (Å²) >= 11 is 12.3. The number of amides is 1. The minimum absolute atomic E-state index is 0.0623. The van der Waals surface area contributed by atoms with Crippen LogP contribution in [-0.4, -0.2) is 32.7 Å². The van der Waals surface area contributed by atoms with E-state index in [-0.39, 0.29) is 5.91 Å². The van der Waals surface area contributed by atoms with E-state index in [4.69, 9.17) is 27.9 Å². The Morgan fingerprint density at radius 3 is 2.62 bits per heavy atom. The second-order valence-corrected chi connectivity index (χ2v) is 6.31. The van der Waals surface area contributed by atoms with E-state index in [1.807, 2.05) is 6.92 Å². The number of benzene rings is 1. The molecule has 21 heavy (non-hydrogen) atoms. The lowest BCUT2D eigenvalue weighted by molar-refractivity contribution is -0.130. The zero-order valence-corrected chi connectivity index (χ0v) is 13.8. The standard InChI is InChI=1S/C15H20Cl2N2O2/c1-10-7-12(17)13(8-11(10)16)19-14(20)15(9-21-2)3-5-18-6-4-15/h7-8,18H,3-6,9H2,1-2H3,(H,19,20). The molecule has 1 aliphatic heterocycles. The first-order chi connectivity index (χ1) is 9.98. The highest BCUT2D eigenvalue weighted by Crippen LogP contribution is 2.34. The lowest BCUT2D eigenvalue weighted by Crippen LogP contribution is -2.47. The van der Waals surface area contributed by atoms with E-state index in [1.54, 1.807) is 19.2 Å². The average molecular weight is 331 g/mol. The van der Waals surface area contributed by atoms with Gasteiger partial charge in [-0.25, -0.2) is 0 Å². The van der Waals surface area contributed by atoms with E-state index in [9.17, 15) is 4.79 Å². The van der Waals surface area contributed by atoms with Gasteiger partial charge in [0.1, 0.15) is 0 Å². The molecule has 1 aromatic rings. The minimum Gasteiger partial charge on any atom is -0.384 e. The first kappa shape index (κ1) is 16.6. The zero-order chi connectivity index (χ0) is 15.5. The van der Waals surface area contributed by atoms with Crippen LogP contribution in [0.1, 0.15) is 18.4 Å². The van der Waals surface area contributed by atoms with Crippen LogP contribution in [0.25, 0.3) is 0 Å². The van der Waals surface area contributed by atoms with Crippen LogP contribution in [0.4, 0.5) is 5.69 Å². The van der Waals surface area contributed by atoms with Crippen LogP contribution in [0.2, 0.25) is 10.0 Å². The number of aryl methyl sites for hydroxylation is 1. The van der Waals surface area contributed by atoms with Crippen molar-refractivity contribution in [2.24, 2.45) is 5.41 Å². The number of methoxy groups -OCH3 is 1. The van der Waals surface area contributed by atoms with Gasteiger partial charge >= 0.3 is 0 Å². The highest BCUT2D eigenvalue weighted by Gasteiger charge is 2.39. The number of piperidine rings is 1. The topological polar surface area (TPSA) is 50.4 Å². The van der Waals surface area contributed by atoms with Crippen LogP contribution in [-0.2, 0) is 9.53 Å². The lowest BCUT2D eigenvalue weighted by atomic mass is 9.78. The lowest BCUT2D eigenvalue weighted by Gasteiger charge is -2.35. The Bertz CT molecular complexity index is 523. The SMILES string of the molecule is COCC1(C(=O)Nc2cc(Cl)c(C)cc2Cl)CCNCC1. The number of ether oxygens (including phenoxy) is 1. The van der Waals surface area contributed by atoms with Gasteiger partial charge in [-0.1, -0.05) is 23.2 Å². The first-order valence-corrected chi connectivity index (χ1v) is 7.71. The van der Waals surface area contributed by atoms with E-state index in [2.05, 4.69) is 10.6 Å². The van der Waals surface area contributed by atoms with Gasteiger partial charge in [-0.05, 0) is 50.6 Å². The van der Waals surface area contributed by atoms with Gasteiger partial charge in [-0.3, -0.25) is 4.79 Å². The third-order valence-electron chi connectivity index (χ3n) is 3.96. The van der Waals surface area contributed by atoms with Crippen molar-refractivity contribution in [2.45, 2.75) is 19.8 Å². The molecule has 1 heterocycles. The summed E-state index contributed by atoms with van der Waals surface area (Å²) in [4.78, 5) is 12.7. The Morgan fingerprint density at radius 2 is 2.00 bits per heavy atom. The van der Waals surface area contributed by atoms with Gasteiger partial charge in [0.25, 0.3) is 0 Å². The van der Waals surface area contributed by atoms with E-state index in [0.29, 0.717) is 22.3 Å². The fraction of sp³-hybridized carbons (Fsp3) is 0.533. The highest BCUT2D eigenvalue weighted by molar-refractivity contribution is 6.36. The number of carbonyl (C=O) groups excluding carboxylic acids is 1. The van der Waals surface area contributed by atoms with E-state index in [0.717, 1.165) is 31.5 Å². The van der Waals surface area contributed by atoms with Crippen molar-refractivity contribution >= 4 is 34.8 Å². The van der Waals surface area contributed by atoms with Crippen molar-refractivity contribution in [1.29, 1.82) is 0 Å². The van der Waals surface area contributed by atoms with Crippen LogP contribution in [0, 0.1) is 12.3 Å². The highest BCUT2D eigenvalue weighted by atomic mass is 35.5. The van der Waals surface area contributed by atoms with Gasteiger partial charge in [-0.15, -0.1) is 0 Å². The summed E-state index contributed by atoms with van der Waals surface area (Å²) in [6, 6.07) is 3.45. The van der Waals surface area contributed by atoms with Gasteiger partial charge in [-0.2, -0.15) is 0 Å². The van der Waals surface area contributed by atoms with E-state index in [1.165, 1.54) is 0 Å². The van der Waals surface area contributed by atoms with Gasteiger partial charge in [0, 0.05) is 12.1 Å². The number of rotatable bonds is 4. The molecule has 0 spiro atoms. The second-order valence-electron chi connectivity index (χ2n) is 5.50. The Hall–Kier alpha value is -0.810. The summed E-state index contributed by atoms with van der Waals surface area (Å²) in [6.07, 6.45) is 1.48. The molecule has 2 N–H and O–H groups in total. The molecule has 4 nitrogen and oxygen atoms in total. The molecule has 0 aromatic heterocycles. The number of nitrogens with one attached hydrogen (secondary N) is 2. The zero-order valence-electron chi connectivity index (χ0n) is 12.3. The fourth-order valence-electron chi connectivity index (χ4n) is 2.62. The molecular weight excluding hydrogens is 311 g/mol. The van der Waals surface area contributed by atoms with Crippen LogP contribution in [0.5, 0.6) is 0 Å².